The van der Waals surface area contributed by atoms with Gasteiger partial charge in [-0.25, -0.2) is 14.8 Å². The average Bonchev–Trinajstić information content (AvgIpc) is 3.00. The van der Waals surface area contributed by atoms with Crippen LogP contribution in [0.5, 0.6) is 0 Å². The van der Waals surface area contributed by atoms with E-state index in [0.29, 0.717) is 18.9 Å². The summed E-state index contributed by atoms with van der Waals surface area (Å²) in [6.07, 6.45) is 0. The molecular weight excluding hydrogens is 320 g/mol. The number of carbonyl (C=O) groups excluding carboxylic acids is 2. The Morgan fingerprint density at radius 1 is 1.36 bits per heavy atom. The van der Waals surface area contributed by atoms with E-state index in [-0.39, 0.29) is 17.7 Å². The van der Waals surface area contributed by atoms with Gasteiger partial charge in [-0.15, -0.1) is 11.3 Å². The van der Waals surface area contributed by atoms with Crippen LogP contribution in [0.1, 0.15) is 16.3 Å². The van der Waals surface area contributed by atoms with Gasteiger partial charge in [0, 0.05) is 23.4 Å². The molecule has 2 aromatic heterocycles. The predicted molar refractivity (Wildman–Crippen MR) is 87.5 cm³/mol. The lowest BCUT2D eigenvalue weighted by molar-refractivity contribution is -0.124. The molecule has 1 N–H and O–H groups in total. The van der Waals surface area contributed by atoms with Crippen molar-refractivity contribution in [1.29, 1.82) is 0 Å². The zero-order valence-corrected chi connectivity index (χ0v) is 14.2. The van der Waals surface area contributed by atoms with Crippen LogP contribution in [0.4, 0.5) is 4.79 Å². The minimum Gasteiger partial charge on any atom is -0.336 e. The minimum atomic E-state index is -0.308. The maximum absolute atomic E-state index is 12.1. The second kappa shape index (κ2) is 5.85. The molecule has 6 nitrogen and oxygen atoms in total. The summed E-state index contributed by atoms with van der Waals surface area (Å²) >= 11 is 3.02. The molecule has 2 aromatic rings. The van der Waals surface area contributed by atoms with Crippen molar-refractivity contribution in [1.82, 2.24) is 20.2 Å². The minimum absolute atomic E-state index is 0.186. The Balaban J connectivity index is 1.84. The molecule has 1 aliphatic heterocycles. The van der Waals surface area contributed by atoms with Gasteiger partial charge in [0.25, 0.3) is 0 Å². The number of rotatable bonds is 3. The van der Waals surface area contributed by atoms with Crippen LogP contribution >= 0.6 is 23.1 Å². The van der Waals surface area contributed by atoms with Crippen LogP contribution in [0, 0.1) is 20.8 Å². The molecule has 8 heteroatoms. The number of aryl methyl sites for hydroxylation is 3. The topological polar surface area (TPSA) is 75.2 Å². The van der Waals surface area contributed by atoms with E-state index in [9.17, 15) is 9.59 Å². The molecular formula is C14H16N4O2S2. The number of nitrogens with zero attached hydrogens (tertiary/aromatic N) is 3. The van der Waals surface area contributed by atoms with Crippen molar-refractivity contribution in [3.63, 3.8) is 0 Å². The maximum atomic E-state index is 12.1. The fourth-order valence-electron chi connectivity index (χ4n) is 2.34. The predicted octanol–water partition coefficient (Wildman–Crippen LogP) is 2.26. The number of amides is 3. The number of hydrogen-bond donors (Lipinski definition) is 1. The fraction of sp³-hybridized carbons (Fsp3) is 0.429. The van der Waals surface area contributed by atoms with Crippen molar-refractivity contribution in [2.45, 2.75) is 25.8 Å². The van der Waals surface area contributed by atoms with E-state index in [0.717, 1.165) is 20.8 Å². The summed E-state index contributed by atoms with van der Waals surface area (Å²) in [4.78, 5) is 36.0. The Labute approximate surface area is 136 Å². The van der Waals surface area contributed by atoms with E-state index >= 15 is 0 Å². The van der Waals surface area contributed by atoms with Gasteiger partial charge in [-0.3, -0.25) is 9.69 Å². The Kier molecular flexibility index (Phi) is 4.05. The van der Waals surface area contributed by atoms with Crippen LogP contribution in [-0.2, 0) is 4.79 Å². The van der Waals surface area contributed by atoms with E-state index in [2.05, 4.69) is 22.2 Å². The molecule has 0 atom stereocenters. The highest BCUT2D eigenvalue weighted by atomic mass is 32.2. The summed E-state index contributed by atoms with van der Waals surface area (Å²) in [5, 5.41) is 4.47. The van der Waals surface area contributed by atoms with E-state index in [1.165, 1.54) is 21.5 Å². The van der Waals surface area contributed by atoms with Crippen molar-refractivity contribution >= 4 is 45.3 Å². The second-order valence-corrected chi connectivity index (χ2v) is 7.27. The van der Waals surface area contributed by atoms with Crippen LogP contribution in [-0.4, -0.2) is 45.6 Å². The molecule has 3 rings (SSSR count). The second-order valence-electron chi connectivity index (χ2n) is 5.11. The largest absolute Gasteiger partial charge is 0.336 e. The SMILES string of the molecule is Cc1nc(SCC(=O)N2CCNC2=O)c2c(C)c(C)sc2n1. The Morgan fingerprint density at radius 2 is 2.14 bits per heavy atom. The number of urea groups is 1. The number of fused-ring (bicyclic) bond motifs is 1. The zero-order chi connectivity index (χ0) is 15.9. The highest BCUT2D eigenvalue weighted by Gasteiger charge is 2.26. The molecule has 0 aliphatic carbocycles. The van der Waals surface area contributed by atoms with Gasteiger partial charge < -0.3 is 5.32 Å². The fourth-order valence-corrected chi connectivity index (χ4v) is 4.48. The van der Waals surface area contributed by atoms with E-state index in [1.807, 2.05) is 13.8 Å². The van der Waals surface area contributed by atoms with Crippen LogP contribution in [0.2, 0.25) is 0 Å². The lowest BCUT2D eigenvalue weighted by Crippen LogP contribution is -2.35. The molecule has 1 fully saturated rings. The number of aromatic nitrogens is 2. The molecule has 22 heavy (non-hydrogen) atoms. The molecule has 1 aliphatic rings. The van der Waals surface area contributed by atoms with Crippen molar-refractivity contribution in [2.24, 2.45) is 0 Å². The summed E-state index contributed by atoms with van der Waals surface area (Å²) in [7, 11) is 0. The van der Waals surface area contributed by atoms with Crippen LogP contribution in [0.3, 0.4) is 0 Å². The van der Waals surface area contributed by atoms with Crippen molar-refractivity contribution in [2.75, 3.05) is 18.8 Å². The quantitative estimate of drug-likeness (QED) is 0.687. The van der Waals surface area contributed by atoms with E-state index in [4.69, 9.17) is 0 Å². The molecule has 1 saturated heterocycles. The number of thiophene rings is 1. The number of thioether (sulfide) groups is 1. The van der Waals surface area contributed by atoms with Gasteiger partial charge in [0.1, 0.15) is 15.7 Å². The van der Waals surface area contributed by atoms with Gasteiger partial charge in [0.15, 0.2) is 0 Å². The first-order chi connectivity index (χ1) is 10.5. The van der Waals surface area contributed by atoms with Crippen molar-refractivity contribution < 1.29 is 9.59 Å². The molecule has 3 amide bonds. The third-order valence-electron chi connectivity index (χ3n) is 3.60. The van der Waals surface area contributed by atoms with Gasteiger partial charge in [0.2, 0.25) is 5.91 Å². The van der Waals surface area contributed by atoms with E-state index < -0.39 is 0 Å². The number of hydrogen-bond acceptors (Lipinski definition) is 6. The third-order valence-corrected chi connectivity index (χ3v) is 5.66. The molecule has 0 bridgehead atoms. The van der Waals surface area contributed by atoms with Crippen LogP contribution < -0.4 is 5.32 Å². The van der Waals surface area contributed by atoms with Gasteiger partial charge >= 0.3 is 6.03 Å². The molecule has 3 heterocycles. The lowest BCUT2D eigenvalue weighted by Gasteiger charge is -2.11. The van der Waals surface area contributed by atoms with Gasteiger partial charge in [-0.1, -0.05) is 11.8 Å². The average molecular weight is 336 g/mol. The summed E-state index contributed by atoms with van der Waals surface area (Å²) in [5.41, 5.74) is 1.16. The summed E-state index contributed by atoms with van der Waals surface area (Å²) in [5.74, 6) is 0.712. The molecule has 0 spiro atoms. The summed E-state index contributed by atoms with van der Waals surface area (Å²) in [6, 6.07) is -0.308. The van der Waals surface area contributed by atoms with Gasteiger partial charge in [-0.2, -0.15) is 0 Å². The zero-order valence-electron chi connectivity index (χ0n) is 12.6. The van der Waals surface area contributed by atoms with Crippen LogP contribution in [0.15, 0.2) is 5.03 Å². The first kappa shape index (κ1) is 15.2. The number of nitrogens with one attached hydrogen (secondary N) is 1. The van der Waals surface area contributed by atoms with Crippen LogP contribution in [0.25, 0.3) is 10.2 Å². The Hall–Kier alpha value is -1.67. The Morgan fingerprint density at radius 3 is 2.82 bits per heavy atom. The monoisotopic (exact) mass is 336 g/mol. The normalized spacial score (nSPS) is 14.7. The summed E-state index contributed by atoms with van der Waals surface area (Å²) < 4.78 is 0. The van der Waals surface area contributed by atoms with Crippen molar-refractivity contribution in [3.05, 3.63) is 16.3 Å². The van der Waals surface area contributed by atoms with E-state index in [1.54, 1.807) is 11.3 Å². The molecule has 0 radical (unpaired) electrons. The maximum Gasteiger partial charge on any atom is 0.324 e. The summed E-state index contributed by atoms with van der Waals surface area (Å²) in [6.45, 7) is 6.92. The standard InChI is InChI=1S/C14H16N4O2S2/c1-7-8(2)22-13-11(7)12(16-9(3)17-13)21-6-10(19)18-5-4-15-14(18)20/h4-6H2,1-3H3,(H,15,20). The van der Waals surface area contributed by atoms with Gasteiger partial charge in [0.05, 0.1) is 5.75 Å². The number of imide groups is 1. The first-order valence-corrected chi connectivity index (χ1v) is 8.73. The molecule has 0 aromatic carbocycles. The van der Waals surface area contributed by atoms with Crippen molar-refractivity contribution in [3.8, 4) is 0 Å². The highest BCUT2D eigenvalue weighted by Crippen LogP contribution is 2.35. The number of carbonyl (C=O) groups is 2. The smallest absolute Gasteiger partial charge is 0.324 e. The molecule has 0 saturated carbocycles. The first-order valence-electron chi connectivity index (χ1n) is 6.92. The lowest BCUT2D eigenvalue weighted by atomic mass is 10.2. The highest BCUT2D eigenvalue weighted by molar-refractivity contribution is 8.00. The molecule has 116 valence electrons. The molecule has 0 unspecified atom stereocenters. The van der Waals surface area contributed by atoms with Gasteiger partial charge in [-0.05, 0) is 26.3 Å². The third kappa shape index (κ3) is 2.68. The Bertz CT molecular complexity index is 772.